The van der Waals surface area contributed by atoms with Crippen molar-refractivity contribution in [2.45, 2.75) is 62.6 Å². The molecule has 3 heterocycles. The summed E-state index contributed by atoms with van der Waals surface area (Å²) < 4.78 is 22.9. The zero-order chi connectivity index (χ0) is 21.8. The average Bonchev–Trinajstić information content (AvgIpc) is 3.32. The first-order valence-electron chi connectivity index (χ1n) is 10.5. The van der Waals surface area contributed by atoms with Crippen molar-refractivity contribution in [2.24, 2.45) is 5.92 Å². The molecule has 0 aromatic heterocycles. The maximum absolute atomic E-state index is 15.5. The molecule has 30 heavy (non-hydrogen) atoms. The molecule has 2 fully saturated rings. The minimum Gasteiger partial charge on any atom is -0.394 e. The Balaban J connectivity index is 1.69. The fourth-order valence-electron chi connectivity index (χ4n) is 5.68. The van der Waals surface area contributed by atoms with Crippen LogP contribution in [0.2, 0.25) is 18.6 Å². The normalized spacial score (nSPS) is 33.3. The summed E-state index contributed by atoms with van der Waals surface area (Å²) in [7, 11) is -3.27. The van der Waals surface area contributed by atoms with Crippen LogP contribution in [0.25, 0.3) is 0 Å². The molecule has 164 valence electrons. The number of ether oxygens (including phenoxy) is 1. The Labute approximate surface area is 190 Å². The Hall–Kier alpha value is -1.04. The summed E-state index contributed by atoms with van der Waals surface area (Å²) in [5.74, 6) is -0.807. The van der Waals surface area contributed by atoms with Crippen molar-refractivity contribution in [3.8, 4) is 0 Å². The number of carbonyl (C=O) groups is 2. The van der Waals surface area contributed by atoms with Gasteiger partial charge in [-0.05, 0) is 66.7 Å². The van der Waals surface area contributed by atoms with Crippen LogP contribution in [0, 0.1) is 9.49 Å². The van der Waals surface area contributed by atoms with Crippen LogP contribution in [-0.4, -0.2) is 55.5 Å². The van der Waals surface area contributed by atoms with Gasteiger partial charge in [0.2, 0.25) is 14.3 Å². The Bertz CT molecular complexity index is 879. The molecule has 9 heteroatoms. The average molecular weight is 546 g/mol. The van der Waals surface area contributed by atoms with Crippen LogP contribution in [0.1, 0.15) is 31.7 Å². The van der Waals surface area contributed by atoms with Gasteiger partial charge >= 0.3 is 0 Å². The van der Waals surface area contributed by atoms with Crippen LogP contribution >= 0.6 is 22.6 Å². The molecule has 3 aliphatic heterocycles. The summed E-state index contributed by atoms with van der Waals surface area (Å²) in [4.78, 5) is 27.9. The molecule has 0 saturated carbocycles. The molecule has 0 radical (unpaired) electrons. The molecular formula is C21H28FIN2O4Si. The maximum atomic E-state index is 15.5. The SMILES string of the molecule is C[C@H]1[C@H]([Si](C)(C)F)[C@@H](CC(=O)N2CCC[C@H]2CO)O[C@]12C(=O)Nc1ccc(I)cc12. The number of nitrogens with one attached hydrogen (secondary N) is 1. The van der Waals surface area contributed by atoms with Gasteiger partial charge in [0.1, 0.15) is 0 Å². The zero-order valence-electron chi connectivity index (χ0n) is 17.5. The maximum Gasteiger partial charge on any atom is 0.261 e. The van der Waals surface area contributed by atoms with E-state index in [9.17, 15) is 14.7 Å². The van der Waals surface area contributed by atoms with E-state index in [0.717, 1.165) is 22.0 Å². The molecule has 1 aromatic carbocycles. The van der Waals surface area contributed by atoms with Gasteiger partial charge < -0.3 is 24.2 Å². The summed E-state index contributed by atoms with van der Waals surface area (Å²) >= 11 is 2.19. The van der Waals surface area contributed by atoms with Crippen LogP contribution in [-0.2, 0) is 19.9 Å². The monoisotopic (exact) mass is 546 g/mol. The fourth-order valence-corrected chi connectivity index (χ4v) is 8.67. The standard InChI is InChI=1S/C21H28FIN2O4Si/c1-12-19(30(2,3)22)17(10-18(27)25-8-4-5-14(25)11-26)29-21(12)15-9-13(23)6-7-16(15)24-20(21)28/h6-7,9,12,14,17,19,26H,4-5,8,10-11H2,1-3H3,(H,24,28)/t12-,14-,17+,19-,21+/m0/s1. The second kappa shape index (κ2) is 7.82. The fraction of sp³-hybridized carbons (Fsp3) is 0.619. The molecule has 2 amide bonds. The van der Waals surface area contributed by atoms with Gasteiger partial charge in [-0.15, -0.1) is 0 Å². The minimum atomic E-state index is -3.27. The molecule has 5 atom stereocenters. The summed E-state index contributed by atoms with van der Waals surface area (Å²) in [5.41, 5.74) is -0.342. The Kier molecular flexibility index (Phi) is 5.78. The lowest BCUT2D eigenvalue weighted by atomic mass is 9.82. The van der Waals surface area contributed by atoms with E-state index in [-0.39, 0.29) is 30.9 Å². The summed E-state index contributed by atoms with van der Waals surface area (Å²) in [6, 6.07) is 5.49. The largest absolute Gasteiger partial charge is 0.394 e. The van der Waals surface area contributed by atoms with E-state index in [4.69, 9.17) is 4.74 Å². The highest BCUT2D eigenvalue weighted by Gasteiger charge is 2.65. The van der Waals surface area contributed by atoms with Gasteiger partial charge in [-0.3, -0.25) is 9.59 Å². The third kappa shape index (κ3) is 3.41. The molecule has 2 N–H and O–H groups in total. The lowest BCUT2D eigenvalue weighted by molar-refractivity contribution is -0.148. The molecule has 1 aromatic rings. The van der Waals surface area contributed by atoms with E-state index in [0.29, 0.717) is 12.2 Å². The van der Waals surface area contributed by atoms with E-state index in [1.54, 1.807) is 18.0 Å². The van der Waals surface area contributed by atoms with Gasteiger partial charge in [0.05, 0.1) is 25.2 Å². The van der Waals surface area contributed by atoms with Gasteiger partial charge in [-0.25, -0.2) is 0 Å². The molecule has 4 rings (SSSR count). The number of carbonyl (C=O) groups excluding carboxylic acids is 2. The number of likely N-dealkylation sites (tertiary alicyclic amines) is 1. The number of benzene rings is 1. The topological polar surface area (TPSA) is 78.9 Å². The van der Waals surface area contributed by atoms with Crippen LogP contribution in [0.3, 0.4) is 0 Å². The van der Waals surface area contributed by atoms with E-state index in [1.165, 1.54) is 0 Å². The molecule has 3 aliphatic rings. The Morgan fingerprint density at radius 1 is 1.47 bits per heavy atom. The van der Waals surface area contributed by atoms with Crippen LogP contribution in [0.15, 0.2) is 18.2 Å². The van der Waals surface area contributed by atoms with E-state index in [1.807, 2.05) is 25.1 Å². The predicted octanol–water partition coefficient (Wildman–Crippen LogP) is 3.39. The van der Waals surface area contributed by atoms with Crippen LogP contribution < -0.4 is 5.32 Å². The lowest BCUT2D eigenvalue weighted by Crippen LogP contribution is -2.42. The van der Waals surface area contributed by atoms with Crippen molar-refractivity contribution < 1.29 is 23.5 Å². The second-order valence-corrected chi connectivity index (χ2v) is 14.2. The van der Waals surface area contributed by atoms with E-state index < -0.39 is 31.6 Å². The number of anilines is 1. The second-order valence-electron chi connectivity index (χ2n) is 9.18. The Morgan fingerprint density at radius 2 is 2.20 bits per heavy atom. The summed E-state index contributed by atoms with van der Waals surface area (Å²) in [6.45, 7) is 5.66. The van der Waals surface area contributed by atoms with Crippen molar-refractivity contribution in [3.05, 3.63) is 27.3 Å². The third-order valence-electron chi connectivity index (χ3n) is 6.96. The number of nitrogens with zero attached hydrogens (tertiary/aromatic N) is 1. The van der Waals surface area contributed by atoms with Gasteiger partial charge in [0.15, 0.2) is 5.60 Å². The molecule has 0 aliphatic carbocycles. The number of amides is 2. The molecular weight excluding hydrogens is 518 g/mol. The summed E-state index contributed by atoms with van der Waals surface area (Å²) in [6.07, 6.45) is 0.979. The quantitative estimate of drug-likeness (QED) is 0.345. The number of halogens is 2. The highest BCUT2D eigenvalue weighted by Crippen LogP contribution is 2.59. The van der Waals surface area contributed by atoms with Crippen molar-refractivity contribution in [2.75, 3.05) is 18.5 Å². The van der Waals surface area contributed by atoms with Gasteiger partial charge in [-0.2, -0.15) is 0 Å². The number of hydrogen-bond donors (Lipinski definition) is 2. The number of aliphatic hydroxyl groups excluding tert-OH is 1. The first-order chi connectivity index (χ1) is 14.1. The smallest absolute Gasteiger partial charge is 0.261 e. The number of fused-ring (bicyclic) bond motifs is 2. The predicted molar refractivity (Wildman–Crippen MR) is 122 cm³/mol. The molecule has 0 unspecified atom stereocenters. The summed E-state index contributed by atoms with van der Waals surface area (Å²) in [5, 5.41) is 12.5. The first kappa shape index (κ1) is 22.2. The van der Waals surface area contributed by atoms with Crippen LogP contribution in [0.4, 0.5) is 9.80 Å². The molecule has 2 saturated heterocycles. The number of aliphatic hydroxyl groups is 1. The van der Waals surface area contributed by atoms with Crippen molar-refractivity contribution >= 4 is 48.5 Å². The van der Waals surface area contributed by atoms with Gasteiger partial charge in [0.25, 0.3) is 5.91 Å². The van der Waals surface area contributed by atoms with Crippen molar-refractivity contribution in [3.63, 3.8) is 0 Å². The lowest BCUT2D eigenvalue weighted by Gasteiger charge is -2.31. The Morgan fingerprint density at radius 3 is 2.87 bits per heavy atom. The molecule has 0 bridgehead atoms. The van der Waals surface area contributed by atoms with Crippen molar-refractivity contribution in [1.82, 2.24) is 4.90 Å². The zero-order valence-corrected chi connectivity index (χ0v) is 20.6. The highest BCUT2D eigenvalue weighted by atomic mass is 127. The van der Waals surface area contributed by atoms with Crippen molar-refractivity contribution in [1.29, 1.82) is 0 Å². The van der Waals surface area contributed by atoms with E-state index in [2.05, 4.69) is 27.9 Å². The van der Waals surface area contributed by atoms with Crippen LogP contribution in [0.5, 0.6) is 0 Å². The van der Waals surface area contributed by atoms with Gasteiger partial charge in [0, 0.05) is 32.8 Å². The highest BCUT2D eigenvalue weighted by molar-refractivity contribution is 14.1. The van der Waals surface area contributed by atoms with Gasteiger partial charge in [-0.1, -0.05) is 6.92 Å². The molecule has 6 nitrogen and oxygen atoms in total. The number of rotatable bonds is 4. The minimum absolute atomic E-state index is 0.0279. The first-order valence-corrected chi connectivity index (χ1v) is 14.5. The number of hydrogen-bond acceptors (Lipinski definition) is 4. The third-order valence-corrected chi connectivity index (χ3v) is 10.1. The molecule has 1 spiro atoms. The van der Waals surface area contributed by atoms with E-state index >= 15 is 4.11 Å².